The van der Waals surface area contributed by atoms with Gasteiger partial charge in [0.25, 0.3) is 5.91 Å². The molecule has 3 rings (SSSR count). The van der Waals surface area contributed by atoms with Crippen molar-refractivity contribution in [3.05, 3.63) is 28.2 Å². The van der Waals surface area contributed by atoms with E-state index >= 15 is 0 Å². The molecule has 1 aromatic rings. The van der Waals surface area contributed by atoms with Crippen LogP contribution in [0.2, 0.25) is 10.0 Å². The van der Waals surface area contributed by atoms with Crippen molar-refractivity contribution < 1.29 is 9.53 Å². The SMILES string of the molecule is CC(Oc1ccc(Cl)cc1Cl)C(=O)N1CCC(N2CCCC2)CC1. The lowest BCUT2D eigenvalue weighted by atomic mass is 10.0. The summed E-state index contributed by atoms with van der Waals surface area (Å²) in [5, 5.41) is 0.977. The van der Waals surface area contributed by atoms with Gasteiger partial charge >= 0.3 is 0 Å². The summed E-state index contributed by atoms with van der Waals surface area (Å²) in [6.07, 6.45) is 4.19. The van der Waals surface area contributed by atoms with Crippen LogP contribution in [0.4, 0.5) is 0 Å². The molecule has 1 unspecified atom stereocenters. The van der Waals surface area contributed by atoms with E-state index in [1.807, 2.05) is 4.90 Å². The van der Waals surface area contributed by atoms with E-state index in [1.165, 1.54) is 25.9 Å². The molecule has 2 aliphatic rings. The van der Waals surface area contributed by atoms with E-state index in [0.717, 1.165) is 25.9 Å². The molecule has 2 fully saturated rings. The highest BCUT2D eigenvalue weighted by molar-refractivity contribution is 6.35. The van der Waals surface area contributed by atoms with Gasteiger partial charge in [0.1, 0.15) is 5.75 Å². The second-order valence-corrected chi connectivity index (χ2v) is 7.48. The predicted molar refractivity (Wildman–Crippen MR) is 97.0 cm³/mol. The summed E-state index contributed by atoms with van der Waals surface area (Å²) >= 11 is 12.0. The van der Waals surface area contributed by atoms with Crippen molar-refractivity contribution in [3.63, 3.8) is 0 Å². The first kappa shape index (κ1) is 17.8. The molecule has 24 heavy (non-hydrogen) atoms. The van der Waals surface area contributed by atoms with E-state index in [0.29, 0.717) is 21.8 Å². The third-order valence-corrected chi connectivity index (χ3v) is 5.51. The third kappa shape index (κ3) is 4.16. The van der Waals surface area contributed by atoms with Crippen molar-refractivity contribution in [2.75, 3.05) is 26.2 Å². The fraction of sp³-hybridized carbons (Fsp3) is 0.611. The summed E-state index contributed by atoms with van der Waals surface area (Å²) in [4.78, 5) is 17.1. The molecule has 2 heterocycles. The minimum absolute atomic E-state index is 0.0286. The Balaban J connectivity index is 1.52. The number of benzene rings is 1. The number of carbonyl (C=O) groups excluding carboxylic acids is 1. The van der Waals surface area contributed by atoms with Crippen molar-refractivity contribution in [2.24, 2.45) is 0 Å². The minimum atomic E-state index is -0.549. The van der Waals surface area contributed by atoms with Crippen LogP contribution in [0.5, 0.6) is 5.75 Å². The van der Waals surface area contributed by atoms with E-state index in [1.54, 1.807) is 25.1 Å². The molecule has 0 aliphatic carbocycles. The molecule has 0 spiro atoms. The number of hydrogen-bond acceptors (Lipinski definition) is 3. The molecule has 0 bridgehead atoms. The number of ether oxygens (including phenoxy) is 1. The van der Waals surface area contributed by atoms with Gasteiger partial charge in [0.2, 0.25) is 0 Å². The van der Waals surface area contributed by atoms with Crippen LogP contribution in [0.1, 0.15) is 32.6 Å². The van der Waals surface area contributed by atoms with Crippen molar-refractivity contribution in [3.8, 4) is 5.75 Å². The van der Waals surface area contributed by atoms with Gasteiger partial charge in [-0.25, -0.2) is 0 Å². The van der Waals surface area contributed by atoms with Crippen molar-refractivity contribution >= 4 is 29.1 Å². The summed E-state index contributed by atoms with van der Waals surface area (Å²) in [5.41, 5.74) is 0. The summed E-state index contributed by atoms with van der Waals surface area (Å²) in [6, 6.07) is 5.67. The molecular weight excluding hydrogens is 347 g/mol. The zero-order chi connectivity index (χ0) is 17.1. The Morgan fingerprint density at radius 3 is 2.46 bits per heavy atom. The first-order chi connectivity index (χ1) is 11.5. The van der Waals surface area contributed by atoms with Crippen LogP contribution in [0, 0.1) is 0 Å². The van der Waals surface area contributed by atoms with Crippen LogP contribution < -0.4 is 4.74 Å². The van der Waals surface area contributed by atoms with E-state index in [2.05, 4.69) is 4.90 Å². The zero-order valence-electron chi connectivity index (χ0n) is 14.0. The number of nitrogens with zero attached hydrogens (tertiary/aromatic N) is 2. The fourth-order valence-electron chi connectivity index (χ4n) is 3.63. The molecule has 0 aromatic heterocycles. The molecule has 2 saturated heterocycles. The van der Waals surface area contributed by atoms with Gasteiger partial charge in [-0.15, -0.1) is 0 Å². The molecule has 0 radical (unpaired) electrons. The van der Waals surface area contributed by atoms with Gasteiger partial charge in [0, 0.05) is 24.2 Å². The number of halogens is 2. The number of likely N-dealkylation sites (tertiary alicyclic amines) is 2. The van der Waals surface area contributed by atoms with Crippen molar-refractivity contribution in [2.45, 2.75) is 44.8 Å². The minimum Gasteiger partial charge on any atom is -0.479 e. The summed E-state index contributed by atoms with van der Waals surface area (Å²) in [5.74, 6) is 0.523. The predicted octanol–water partition coefficient (Wildman–Crippen LogP) is 3.85. The van der Waals surface area contributed by atoms with Gasteiger partial charge in [0.15, 0.2) is 6.10 Å². The van der Waals surface area contributed by atoms with Gasteiger partial charge in [-0.3, -0.25) is 4.79 Å². The second-order valence-electron chi connectivity index (χ2n) is 6.63. The first-order valence-electron chi connectivity index (χ1n) is 8.69. The Labute approximate surface area is 153 Å². The highest BCUT2D eigenvalue weighted by atomic mass is 35.5. The molecule has 0 saturated carbocycles. The third-order valence-electron chi connectivity index (χ3n) is 4.98. The maximum absolute atomic E-state index is 12.6. The van der Waals surface area contributed by atoms with Gasteiger partial charge in [-0.2, -0.15) is 0 Å². The maximum atomic E-state index is 12.6. The van der Waals surface area contributed by atoms with Gasteiger partial charge in [-0.1, -0.05) is 23.2 Å². The Morgan fingerprint density at radius 2 is 1.83 bits per heavy atom. The van der Waals surface area contributed by atoms with E-state index in [9.17, 15) is 4.79 Å². The monoisotopic (exact) mass is 370 g/mol. The van der Waals surface area contributed by atoms with Crippen LogP contribution in [-0.2, 0) is 4.79 Å². The average molecular weight is 371 g/mol. The Hall–Kier alpha value is -0.970. The van der Waals surface area contributed by atoms with E-state index in [4.69, 9.17) is 27.9 Å². The quantitative estimate of drug-likeness (QED) is 0.806. The molecule has 6 heteroatoms. The van der Waals surface area contributed by atoms with E-state index < -0.39 is 6.10 Å². The number of hydrogen-bond donors (Lipinski definition) is 0. The van der Waals surface area contributed by atoms with Crippen LogP contribution in [-0.4, -0.2) is 54.0 Å². The zero-order valence-corrected chi connectivity index (χ0v) is 15.5. The van der Waals surface area contributed by atoms with Crippen LogP contribution in [0.25, 0.3) is 0 Å². The lowest BCUT2D eigenvalue weighted by Gasteiger charge is -2.37. The number of piperidine rings is 1. The number of amides is 1. The fourth-order valence-corrected chi connectivity index (χ4v) is 4.08. The van der Waals surface area contributed by atoms with Crippen LogP contribution >= 0.6 is 23.2 Å². The molecule has 2 aliphatic heterocycles. The molecule has 1 atom stereocenters. The average Bonchev–Trinajstić information content (AvgIpc) is 3.11. The Bertz CT molecular complexity index is 582. The second kappa shape index (κ2) is 7.94. The first-order valence-corrected chi connectivity index (χ1v) is 9.45. The normalized spacial score (nSPS) is 21.0. The molecule has 1 aromatic carbocycles. The van der Waals surface area contributed by atoms with Gasteiger partial charge in [0.05, 0.1) is 5.02 Å². The number of carbonyl (C=O) groups is 1. The molecule has 132 valence electrons. The summed E-state index contributed by atoms with van der Waals surface area (Å²) < 4.78 is 5.75. The van der Waals surface area contributed by atoms with Gasteiger partial charge < -0.3 is 14.5 Å². The standard InChI is InChI=1S/C18H24Cl2N2O2/c1-13(24-17-5-4-14(19)12-16(17)20)18(23)22-10-6-15(7-11-22)21-8-2-3-9-21/h4-5,12-13,15H,2-3,6-11H2,1H3. The van der Waals surface area contributed by atoms with Crippen molar-refractivity contribution in [1.82, 2.24) is 9.80 Å². The molecule has 1 amide bonds. The molecular formula is C18H24Cl2N2O2. The summed E-state index contributed by atoms with van der Waals surface area (Å²) in [7, 11) is 0. The summed E-state index contributed by atoms with van der Waals surface area (Å²) in [6.45, 7) is 5.82. The molecule has 0 N–H and O–H groups in total. The molecule has 4 nitrogen and oxygen atoms in total. The maximum Gasteiger partial charge on any atom is 0.263 e. The Kier molecular flexibility index (Phi) is 5.90. The highest BCUT2D eigenvalue weighted by Crippen LogP contribution is 2.29. The van der Waals surface area contributed by atoms with E-state index in [-0.39, 0.29) is 5.91 Å². The van der Waals surface area contributed by atoms with Gasteiger partial charge in [-0.05, 0) is 63.9 Å². The lowest BCUT2D eigenvalue weighted by Crippen LogP contribution is -2.49. The van der Waals surface area contributed by atoms with Crippen LogP contribution in [0.15, 0.2) is 18.2 Å². The van der Waals surface area contributed by atoms with Crippen LogP contribution in [0.3, 0.4) is 0 Å². The lowest BCUT2D eigenvalue weighted by molar-refractivity contribution is -0.139. The largest absolute Gasteiger partial charge is 0.479 e. The number of rotatable bonds is 4. The highest BCUT2D eigenvalue weighted by Gasteiger charge is 2.30. The topological polar surface area (TPSA) is 32.8 Å². The Morgan fingerprint density at radius 1 is 1.17 bits per heavy atom. The van der Waals surface area contributed by atoms with Crippen molar-refractivity contribution in [1.29, 1.82) is 0 Å². The smallest absolute Gasteiger partial charge is 0.263 e.